The fourth-order valence-electron chi connectivity index (χ4n) is 2.88. The zero-order valence-electron chi connectivity index (χ0n) is 14.5. The molecule has 8 heteroatoms. The predicted octanol–water partition coefficient (Wildman–Crippen LogP) is 3.43. The number of hydrogen-bond donors (Lipinski definition) is 2. The molecule has 0 aromatic heterocycles. The summed E-state index contributed by atoms with van der Waals surface area (Å²) in [6.07, 6.45) is 0.0776. The highest BCUT2D eigenvalue weighted by Gasteiger charge is 2.35. The van der Waals surface area contributed by atoms with Crippen LogP contribution in [-0.2, 0) is 14.4 Å². The second kappa shape index (κ2) is 7.75. The SMILES string of the molecule is CC(=O)Nc1ccc(N2CC(C(=O)Nc3ccc(F)c(Cl)c3)CC2=O)cc1. The van der Waals surface area contributed by atoms with Crippen LogP contribution in [-0.4, -0.2) is 24.3 Å². The van der Waals surface area contributed by atoms with E-state index in [1.165, 1.54) is 30.0 Å². The minimum absolute atomic E-state index is 0.0776. The molecule has 2 N–H and O–H groups in total. The number of halogens is 2. The van der Waals surface area contributed by atoms with E-state index in [0.717, 1.165) is 0 Å². The van der Waals surface area contributed by atoms with Gasteiger partial charge in [-0.15, -0.1) is 0 Å². The Morgan fingerprint density at radius 1 is 1.11 bits per heavy atom. The van der Waals surface area contributed by atoms with Crippen molar-refractivity contribution in [3.8, 4) is 0 Å². The number of hydrogen-bond acceptors (Lipinski definition) is 3. The van der Waals surface area contributed by atoms with Crippen LogP contribution in [0.2, 0.25) is 5.02 Å². The van der Waals surface area contributed by atoms with Crippen molar-refractivity contribution in [1.29, 1.82) is 0 Å². The molecule has 140 valence electrons. The molecule has 27 heavy (non-hydrogen) atoms. The minimum Gasteiger partial charge on any atom is -0.326 e. The summed E-state index contributed by atoms with van der Waals surface area (Å²) in [6.45, 7) is 1.65. The van der Waals surface area contributed by atoms with E-state index >= 15 is 0 Å². The summed E-state index contributed by atoms with van der Waals surface area (Å²) in [6, 6.07) is 10.7. The van der Waals surface area contributed by atoms with Crippen molar-refractivity contribution in [1.82, 2.24) is 0 Å². The van der Waals surface area contributed by atoms with E-state index in [2.05, 4.69) is 10.6 Å². The Bertz CT molecular complexity index is 902. The van der Waals surface area contributed by atoms with Gasteiger partial charge in [0.05, 0.1) is 10.9 Å². The zero-order valence-corrected chi connectivity index (χ0v) is 15.2. The second-order valence-corrected chi connectivity index (χ2v) is 6.66. The lowest BCUT2D eigenvalue weighted by Gasteiger charge is -2.17. The van der Waals surface area contributed by atoms with Crippen LogP contribution in [0.25, 0.3) is 0 Å². The maximum absolute atomic E-state index is 13.2. The fourth-order valence-corrected chi connectivity index (χ4v) is 3.06. The Labute approximate surface area is 160 Å². The first kappa shape index (κ1) is 18.8. The van der Waals surface area contributed by atoms with E-state index in [1.807, 2.05) is 0 Å². The van der Waals surface area contributed by atoms with Crippen LogP contribution in [0.3, 0.4) is 0 Å². The van der Waals surface area contributed by atoms with E-state index in [9.17, 15) is 18.8 Å². The number of amides is 3. The Balaban J connectivity index is 1.66. The first-order valence-electron chi connectivity index (χ1n) is 8.27. The first-order valence-corrected chi connectivity index (χ1v) is 8.65. The average Bonchev–Trinajstić information content (AvgIpc) is 3.00. The molecule has 1 fully saturated rings. The third kappa shape index (κ3) is 4.43. The van der Waals surface area contributed by atoms with Crippen LogP contribution < -0.4 is 15.5 Å². The van der Waals surface area contributed by atoms with E-state index in [0.29, 0.717) is 17.1 Å². The van der Waals surface area contributed by atoms with Crippen molar-refractivity contribution in [3.63, 3.8) is 0 Å². The Morgan fingerprint density at radius 2 is 1.78 bits per heavy atom. The zero-order chi connectivity index (χ0) is 19.6. The molecule has 0 saturated carbocycles. The highest BCUT2D eigenvalue weighted by molar-refractivity contribution is 6.31. The summed E-state index contributed by atoms with van der Waals surface area (Å²) >= 11 is 5.71. The Morgan fingerprint density at radius 3 is 2.41 bits per heavy atom. The van der Waals surface area contributed by atoms with Gasteiger partial charge in [-0.1, -0.05) is 11.6 Å². The van der Waals surface area contributed by atoms with E-state index in [4.69, 9.17) is 11.6 Å². The molecule has 1 atom stereocenters. The number of carbonyl (C=O) groups excluding carboxylic acids is 3. The Hall–Kier alpha value is -2.93. The summed E-state index contributed by atoms with van der Waals surface area (Å²) < 4.78 is 13.2. The maximum Gasteiger partial charge on any atom is 0.229 e. The van der Waals surface area contributed by atoms with Crippen molar-refractivity contribution in [2.24, 2.45) is 5.92 Å². The van der Waals surface area contributed by atoms with Crippen LogP contribution in [0.5, 0.6) is 0 Å². The molecule has 2 aromatic carbocycles. The third-order valence-corrected chi connectivity index (χ3v) is 4.47. The normalized spacial score (nSPS) is 16.3. The quantitative estimate of drug-likeness (QED) is 0.840. The van der Waals surface area contributed by atoms with E-state index in [-0.39, 0.29) is 35.7 Å². The maximum atomic E-state index is 13.2. The third-order valence-electron chi connectivity index (χ3n) is 4.18. The molecular formula is C19H17ClFN3O3. The van der Waals surface area contributed by atoms with Crippen LogP contribution in [0, 0.1) is 11.7 Å². The number of nitrogens with one attached hydrogen (secondary N) is 2. The molecule has 2 aromatic rings. The van der Waals surface area contributed by atoms with Gasteiger partial charge in [-0.2, -0.15) is 0 Å². The van der Waals surface area contributed by atoms with Gasteiger partial charge in [-0.3, -0.25) is 14.4 Å². The molecule has 3 rings (SSSR count). The molecule has 1 saturated heterocycles. The highest BCUT2D eigenvalue weighted by atomic mass is 35.5. The van der Waals surface area contributed by atoms with Gasteiger partial charge in [-0.25, -0.2) is 4.39 Å². The van der Waals surface area contributed by atoms with Gasteiger partial charge in [0.15, 0.2) is 0 Å². The standard InChI is InChI=1S/C19H17ClFN3O3/c1-11(25)22-13-2-5-15(6-3-13)24-10-12(8-18(24)26)19(27)23-14-4-7-17(21)16(20)9-14/h2-7,9,12H,8,10H2,1H3,(H,22,25)(H,23,27). The van der Waals surface area contributed by atoms with Crippen molar-refractivity contribution in [2.45, 2.75) is 13.3 Å². The van der Waals surface area contributed by atoms with E-state index < -0.39 is 11.7 Å². The molecule has 6 nitrogen and oxygen atoms in total. The number of anilines is 3. The molecule has 0 radical (unpaired) electrons. The number of nitrogens with zero attached hydrogens (tertiary/aromatic N) is 1. The molecule has 0 spiro atoms. The van der Waals surface area contributed by atoms with Crippen LogP contribution in [0.1, 0.15) is 13.3 Å². The van der Waals surface area contributed by atoms with Gasteiger partial charge in [0.2, 0.25) is 17.7 Å². The number of carbonyl (C=O) groups is 3. The summed E-state index contributed by atoms with van der Waals surface area (Å²) in [5, 5.41) is 5.22. The van der Waals surface area contributed by atoms with Crippen LogP contribution >= 0.6 is 11.6 Å². The van der Waals surface area contributed by atoms with Gasteiger partial charge in [0.25, 0.3) is 0 Å². The topological polar surface area (TPSA) is 78.5 Å². The molecule has 1 heterocycles. The fraction of sp³-hybridized carbons (Fsp3) is 0.211. The monoisotopic (exact) mass is 389 g/mol. The van der Waals surface area contributed by atoms with Crippen LogP contribution in [0.4, 0.5) is 21.5 Å². The van der Waals surface area contributed by atoms with Gasteiger partial charge in [-0.05, 0) is 42.5 Å². The second-order valence-electron chi connectivity index (χ2n) is 6.25. The van der Waals surface area contributed by atoms with Crippen molar-refractivity contribution in [2.75, 3.05) is 22.1 Å². The van der Waals surface area contributed by atoms with Crippen LogP contribution in [0.15, 0.2) is 42.5 Å². The summed E-state index contributed by atoms with van der Waals surface area (Å²) in [7, 11) is 0. The van der Waals surface area contributed by atoms with Gasteiger partial charge >= 0.3 is 0 Å². The number of benzene rings is 2. The molecule has 0 bridgehead atoms. The largest absolute Gasteiger partial charge is 0.326 e. The highest BCUT2D eigenvalue weighted by Crippen LogP contribution is 2.27. The van der Waals surface area contributed by atoms with Crippen molar-refractivity contribution in [3.05, 3.63) is 53.3 Å². The number of rotatable bonds is 4. The molecule has 1 aliphatic heterocycles. The van der Waals surface area contributed by atoms with Gasteiger partial charge < -0.3 is 15.5 Å². The molecule has 1 aliphatic rings. The average molecular weight is 390 g/mol. The van der Waals surface area contributed by atoms with E-state index in [1.54, 1.807) is 24.3 Å². The first-order chi connectivity index (χ1) is 12.8. The lowest BCUT2D eigenvalue weighted by atomic mass is 10.1. The summed E-state index contributed by atoms with van der Waals surface area (Å²) in [4.78, 5) is 37.3. The minimum atomic E-state index is -0.570. The summed E-state index contributed by atoms with van der Waals surface area (Å²) in [5.74, 6) is -1.78. The van der Waals surface area contributed by atoms with Gasteiger partial charge in [0.1, 0.15) is 5.82 Å². The molecular weight excluding hydrogens is 373 g/mol. The predicted molar refractivity (Wildman–Crippen MR) is 101 cm³/mol. The molecule has 0 aliphatic carbocycles. The van der Waals surface area contributed by atoms with Crippen molar-refractivity contribution >= 4 is 46.4 Å². The Kier molecular flexibility index (Phi) is 5.41. The lowest BCUT2D eigenvalue weighted by molar-refractivity contribution is -0.122. The summed E-state index contributed by atoms with van der Waals surface area (Å²) in [5.41, 5.74) is 1.64. The lowest BCUT2D eigenvalue weighted by Crippen LogP contribution is -2.28. The molecule has 1 unspecified atom stereocenters. The van der Waals surface area contributed by atoms with Gasteiger partial charge in [0, 0.05) is 37.0 Å². The van der Waals surface area contributed by atoms with Crippen molar-refractivity contribution < 1.29 is 18.8 Å². The molecule has 3 amide bonds. The smallest absolute Gasteiger partial charge is 0.229 e.